The van der Waals surface area contributed by atoms with Gasteiger partial charge in [-0.1, -0.05) is 6.07 Å². The quantitative estimate of drug-likeness (QED) is 0.873. The van der Waals surface area contributed by atoms with Gasteiger partial charge in [-0.25, -0.2) is 0 Å². The van der Waals surface area contributed by atoms with E-state index in [-0.39, 0.29) is 0 Å². The summed E-state index contributed by atoms with van der Waals surface area (Å²) < 4.78 is 10.7. The second-order valence-electron chi connectivity index (χ2n) is 5.14. The molecule has 0 aliphatic carbocycles. The van der Waals surface area contributed by atoms with E-state index in [1.54, 1.807) is 0 Å². The third kappa shape index (κ3) is 2.60. The number of aryl methyl sites for hydroxylation is 1. The molecule has 0 radical (unpaired) electrons. The summed E-state index contributed by atoms with van der Waals surface area (Å²) in [5.74, 6) is 1.76. The monoisotopic (exact) mass is 248 g/mol. The molecule has 1 saturated heterocycles. The van der Waals surface area contributed by atoms with Gasteiger partial charge in [-0.2, -0.15) is 0 Å². The van der Waals surface area contributed by atoms with Crippen LogP contribution in [0.15, 0.2) is 18.2 Å². The smallest absolute Gasteiger partial charge is 0.231 e. The summed E-state index contributed by atoms with van der Waals surface area (Å²) in [6.07, 6.45) is 2.26. The molecule has 2 aliphatic rings. The fourth-order valence-corrected chi connectivity index (χ4v) is 2.62. The van der Waals surface area contributed by atoms with Crippen molar-refractivity contribution in [3.8, 4) is 11.5 Å². The normalized spacial score (nSPS) is 23.3. The van der Waals surface area contributed by atoms with Crippen LogP contribution in [-0.2, 0) is 6.42 Å². The summed E-state index contributed by atoms with van der Waals surface area (Å²) in [6, 6.07) is 6.86. The lowest BCUT2D eigenvalue weighted by atomic mass is 10.0. The van der Waals surface area contributed by atoms with E-state index in [2.05, 4.69) is 29.4 Å². The van der Waals surface area contributed by atoms with Crippen molar-refractivity contribution in [2.24, 2.45) is 0 Å². The number of hydrogen-bond donors (Lipinski definition) is 1. The highest BCUT2D eigenvalue weighted by atomic mass is 16.7. The SMILES string of the molecule is CN1CCNC(CCc2ccc3c(c2)OCO3)C1. The molecule has 4 heteroatoms. The Kier molecular flexibility index (Phi) is 3.39. The predicted molar refractivity (Wildman–Crippen MR) is 70.2 cm³/mol. The van der Waals surface area contributed by atoms with E-state index in [9.17, 15) is 0 Å². The van der Waals surface area contributed by atoms with Crippen LogP contribution in [0.2, 0.25) is 0 Å². The summed E-state index contributed by atoms with van der Waals surface area (Å²) in [5, 5.41) is 3.57. The molecule has 4 nitrogen and oxygen atoms in total. The minimum Gasteiger partial charge on any atom is -0.454 e. The number of ether oxygens (including phenoxy) is 2. The maximum absolute atomic E-state index is 5.40. The Labute approximate surface area is 108 Å². The first kappa shape index (κ1) is 11.8. The molecule has 1 N–H and O–H groups in total. The van der Waals surface area contributed by atoms with Crippen LogP contribution in [0, 0.1) is 0 Å². The van der Waals surface area contributed by atoms with Crippen LogP contribution in [0.25, 0.3) is 0 Å². The molecular formula is C14H20N2O2. The number of rotatable bonds is 3. The topological polar surface area (TPSA) is 33.7 Å². The Morgan fingerprint density at radius 2 is 2.22 bits per heavy atom. The van der Waals surface area contributed by atoms with Crippen LogP contribution < -0.4 is 14.8 Å². The zero-order valence-corrected chi connectivity index (χ0v) is 10.8. The number of fused-ring (bicyclic) bond motifs is 1. The summed E-state index contributed by atoms with van der Waals surface area (Å²) in [7, 11) is 2.19. The van der Waals surface area contributed by atoms with E-state index in [0.717, 1.165) is 37.6 Å². The minimum atomic E-state index is 0.355. The fourth-order valence-electron chi connectivity index (χ4n) is 2.62. The summed E-state index contributed by atoms with van der Waals surface area (Å²) >= 11 is 0. The number of likely N-dealkylation sites (N-methyl/N-ethyl adjacent to an activating group) is 1. The molecule has 0 bridgehead atoms. The Bertz CT molecular complexity index is 422. The first-order valence-electron chi connectivity index (χ1n) is 6.62. The largest absolute Gasteiger partial charge is 0.454 e. The molecule has 1 fully saturated rings. The first-order chi connectivity index (χ1) is 8.81. The predicted octanol–water partition coefficient (Wildman–Crippen LogP) is 1.25. The number of nitrogens with one attached hydrogen (secondary N) is 1. The Morgan fingerprint density at radius 1 is 1.33 bits per heavy atom. The molecule has 1 atom stereocenters. The van der Waals surface area contributed by atoms with Gasteiger partial charge in [0.15, 0.2) is 11.5 Å². The minimum absolute atomic E-state index is 0.355. The van der Waals surface area contributed by atoms with Gasteiger partial charge in [0.25, 0.3) is 0 Å². The third-order valence-electron chi connectivity index (χ3n) is 3.68. The van der Waals surface area contributed by atoms with Gasteiger partial charge < -0.3 is 19.7 Å². The second-order valence-corrected chi connectivity index (χ2v) is 5.14. The number of benzene rings is 1. The third-order valence-corrected chi connectivity index (χ3v) is 3.68. The van der Waals surface area contributed by atoms with Gasteiger partial charge in [0.1, 0.15) is 0 Å². The van der Waals surface area contributed by atoms with E-state index < -0.39 is 0 Å². The standard InChI is InChI=1S/C14H20N2O2/c1-16-7-6-15-12(9-16)4-2-11-3-5-13-14(8-11)18-10-17-13/h3,5,8,12,15H,2,4,6-7,9-10H2,1H3. The summed E-state index contributed by atoms with van der Waals surface area (Å²) in [6.45, 7) is 3.75. The Hall–Kier alpha value is -1.26. The van der Waals surface area contributed by atoms with Gasteiger partial charge in [-0.05, 0) is 37.6 Å². The molecule has 0 amide bonds. The number of hydrogen-bond acceptors (Lipinski definition) is 4. The molecule has 0 spiro atoms. The molecule has 2 aliphatic heterocycles. The molecule has 18 heavy (non-hydrogen) atoms. The van der Waals surface area contributed by atoms with Crippen molar-refractivity contribution in [2.45, 2.75) is 18.9 Å². The lowest BCUT2D eigenvalue weighted by Gasteiger charge is -2.30. The molecule has 98 valence electrons. The van der Waals surface area contributed by atoms with Crippen molar-refractivity contribution in [3.05, 3.63) is 23.8 Å². The van der Waals surface area contributed by atoms with E-state index in [1.807, 2.05) is 6.07 Å². The first-order valence-corrected chi connectivity index (χ1v) is 6.62. The fraction of sp³-hybridized carbons (Fsp3) is 0.571. The van der Waals surface area contributed by atoms with Crippen LogP contribution in [0.3, 0.4) is 0 Å². The van der Waals surface area contributed by atoms with Crippen molar-refractivity contribution in [1.29, 1.82) is 0 Å². The average Bonchev–Trinajstić information content (AvgIpc) is 2.84. The van der Waals surface area contributed by atoms with E-state index in [0.29, 0.717) is 12.8 Å². The van der Waals surface area contributed by atoms with Crippen molar-refractivity contribution in [1.82, 2.24) is 10.2 Å². The highest BCUT2D eigenvalue weighted by molar-refractivity contribution is 5.44. The lowest BCUT2D eigenvalue weighted by molar-refractivity contribution is 0.174. The maximum atomic E-state index is 5.40. The molecular weight excluding hydrogens is 228 g/mol. The van der Waals surface area contributed by atoms with Crippen LogP contribution >= 0.6 is 0 Å². The van der Waals surface area contributed by atoms with Gasteiger partial charge >= 0.3 is 0 Å². The molecule has 0 saturated carbocycles. The maximum Gasteiger partial charge on any atom is 0.231 e. The summed E-state index contributed by atoms with van der Waals surface area (Å²) in [4.78, 5) is 2.39. The molecule has 1 unspecified atom stereocenters. The van der Waals surface area contributed by atoms with Crippen LogP contribution in [0.5, 0.6) is 11.5 Å². The van der Waals surface area contributed by atoms with Gasteiger partial charge in [-0.3, -0.25) is 0 Å². The van der Waals surface area contributed by atoms with E-state index in [1.165, 1.54) is 12.0 Å². The number of piperazine rings is 1. The molecule has 3 rings (SSSR count). The van der Waals surface area contributed by atoms with Crippen molar-refractivity contribution < 1.29 is 9.47 Å². The van der Waals surface area contributed by atoms with Crippen LogP contribution in [0.4, 0.5) is 0 Å². The second kappa shape index (κ2) is 5.16. The number of nitrogens with zero attached hydrogens (tertiary/aromatic N) is 1. The van der Waals surface area contributed by atoms with Crippen LogP contribution in [-0.4, -0.2) is 44.4 Å². The lowest BCUT2D eigenvalue weighted by Crippen LogP contribution is -2.49. The van der Waals surface area contributed by atoms with Gasteiger partial charge in [0, 0.05) is 25.7 Å². The molecule has 1 aromatic carbocycles. The van der Waals surface area contributed by atoms with Crippen molar-refractivity contribution in [3.63, 3.8) is 0 Å². The molecule has 1 aromatic rings. The van der Waals surface area contributed by atoms with E-state index >= 15 is 0 Å². The zero-order chi connectivity index (χ0) is 12.4. The van der Waals surface area contributed by atoms with Crippen molar-refractivity contribution >= 4 is 0 Å². The van der Waals surface area contributed by atoms with Crippen LogP contribution in [0.1, 0.15) is 12.0 Å². The molecule has 0 aromatic heterocycles. The Morgan fingerprint density at radius 3 is 3.11 bits per heavy atom. The van der Waals surface area contributed by atoms with Crippen molar-refractivity contribution in [2.75, 3.05) is 33.5 Å². The van der Waals surface area contributed by atoms with Gasteiger partial charge in [0.2, 0.25) is 6.79 Å². The summed E-state index contributed by atoms with van der Waals surface area (Å²) in [5.41, 5.74) is 1.33. The van der Waals surface area contributed by atoms with Gasteiger partial charge in [-0.15, -0.1) is 0 Å². The highest BCUT2D eigenvalue weighted by Gasteiger charge is 2.17. The average molecular weight is 248 g/mol. The van der Waals surface area contributed by atoms with E-state index in [4.69, 9.17) is 9.47 Å². The van der Waals surface area contributed by atoms with Gasteiger partial charge in [0.05, 0.1) is 0 Å². The highest BCUT2D eigenvalue weighted by Crippen LogP contribution is 2.32. The Balaban J connectivity index is 1.56. The molecule has 2 heterocycles. The zero-order valence-electron chi connectivity index (χ0n) is 10.8.